The normalized spacial score (nSPS) is 10.4. The van der Waals surface area contributed by atoms with Crippen LogP contribution >= 0.6 is 15.9 Å². The number of esters is 1. The number of carbonyl (C=O) groups is 2. The van der Waals surface area contributed by atoms with Crippen LogP contribution in [-0.2, 0) is 9.53 Å². The van der Waals surface area contributed by atoms with Crippen molar-refractivity contribution >= 4 is 44.3 Å². The maximum Gasteiger partial charge on any atom is 0.341 e. The van der Waals surface area contributed by atoms with E-state index in [0.717, 1.165) is 15.2 Å². The van der Waals surface area contributed by atoms with Crippen LogP contribution in [0.5, 0.6) is 11.5 Å². The quantitative estimate of drug-likeness (QED) is 0.470. The summed E-state index contributed by atoms with van der Waals surface area (Å²) >= 11 is 3.50. The zero-order valence-corrected chi connectivity index (χ0v) is 15.9. The highest BCUT2D eigenvalue weighted by Gasteiger charge is 2.16. The molecule has 0 saturated carbocycles. The van der Waals surface area contributed by atoms with Crippen LogP contribution in [0.4, 0.5) is 5.69 Å². The van der Waals surface area contributed by atoms with Crippen LogP contribution in [-0.4, -0.2) is 30.7 Å². The van der Waals surface area contributed by atoms with Crippen molar-refractivity contribution in [2.45, 2.75) is 0 Å². The summed E-state index contributed by atoms with van der Waals surface area (Å²) in [5, 5.41) is 14.7. The van der Waals surface area contributed by atoms with Gasteiger partial charge < -0.3 is 19.9 Å². The third kappa shape index (κ3) is 4.03. The van der Waals surface area contributed by atoms with Gasteiger partial charge in [-0.25, -0.2) is 4.79 Å². The molecular weight excluding hydrogens is 414 g/mol. The molecule has 3 aromatic rings. The minimum atomic E-state index is -0.694. The molecule has 0 aliphatic carbocycles. The first-order chi connectivity index (χ1) is 13.0. The third-order valence-electron chi connectivity index (χ3n) is 3.90. The molecule has 0 aromatic heterocycles. The van der Waals surface area contributed by atoms with E-state index in [9.17, 15) is 14.7 Å². The van der Waals surface area contributed by atoms with E-state index in [-0.39, 0.29) is 23.6 Å². The number of halogens is 1. The average Bonchev–Trinajstić information content (AvgIpc) is 2.68. The summed E-state index contributed by atoms with van der Waals surface area (Å²) in [6.45, 7) is -0.265. The van der Waals surface area contributed by atoms with Crippen molar-refractivity contribution in [1.82, 2.24) is 0 Å². The number of phenols is 1. The summed E-state index contributed by atoms with van der Waals surface area (Å²) in [6.07, 6.45) is 0. The fourth-order valence-corrected chi connectivity index (χ4v) is 3.18. The van der Waals surface area contributed by atoms with Gasteiger partial charge >= 0.3 is 5.97 Å². The topological polar surface area (TPSA) is 84.9 Å². The van der Waals surface area contributed by atoms with E-state index in [2.05, 4.69) is 26.0 Å². The van der Waals surface area contributed by atoms with Gasteiger partial charge in [-0.2, -0.15) is 0 Å². The number of para-hydroxylation sites is 1. The van der Waals surface area contributed by atoms with Crippen LogP contribution in [0.1, 0.15) is 10.4 Å². The summed E-state index contributed by atoms with van der Waals surface area (Å²) in [5.74, 6) is -1.01. The number of carbonyl (C=O) groups excluding carboxylic acids is 2. The molecule has 27 heavy (non-hydrogen) atoms. The predicted molar refractivity (Wildman–Crippen MR) is 105 cm³/mol. The smallest absolute Gasteiger partial charge is 0.341 e. The maximum atomic E-state index is 12.2. The van der Waals surface area contributed by atoms with Crippen molar-refractivity contribution < 1.29 is 24.2 Å². The Kier molecular flexibility index (Phi) is 5.61. The molecule has 0 radical (unpaired) electrons. The number of nitrogens with one attached hydrogen (secondary N) is 1. The second-order valence-electron chi connectivity index (χ2n) is 5.63. The Morgan fingerprint density at radius 2 is 1.85 bits per heavy atom. The number of anilines is 1. The number of benzene rings is 3. The monoisotopic (exact) mass is 429 g/mol. The summed E-state index contributed by atoms with van der Waals surface area (Å²) in [4.78, 5) is 23.8. The van der Waals surface area contributed by atoms with Crippen LogP contribution in [0.15, 0.2) is 59.1 Å². The van der Waals surface area contributed by atoms with E-state index >= 15 is 0 Å². The number of hydrogen-bond acceptors (Lipinski definition) is 5. The van der Waals surface area contributed by atoms with E-state index in [0.29, 0.717) is 5.75 Å². The van der Waals surface area contributed by atoms with Gasteiger partial charge in [-0.3, -0.25) is 4.79 Å². The van der Waals surface area contributed by atoms with Crippen LogP contribution in [0.2, 0.25) is 0 Å². The Morgan fingerprint density at radius 3 is 2.63 bits per heavy atom. The molecule has 0 bridgehead atoms. The number of hydrogen-bond donors (Lipinski definition) is 2. The minimum absolute atomic E-state index is 0.0338. The van der Waals surface area contributed by atoms with Gasteiger partial charge in [-0.15, -0.1) is 0 Å². The molecule has 0 aliphatic rings. The highest BCUT2D eigenvalue weighted by Crippen LogP contribution is 2.33. The lowest BCUT2D eigenvalue weighted by molar-refractivity contribution is -0.118. The molecule has 0 fully saturated rings. The Morgan fingerprint density at radius 1 is 1.07 bits per heavy atom. The van der Waals surface area contributed by atoms with Gasteiger partial charge in [0.2, 0.25) is 0 Å². The third-order valence-corrected chi connectivity index (χ3v) is 4.72. The SMILES string of the molecule is COC(=O)c1cccc(NC(=O)COc2ccc3ccccc3c2Br)c1O. The van der Waals surface area contributed by atoms with Gasteiger partial charge in [0.25, 0.3) is 5.91 Å². The molecule has 3 rings (SSSR count). The van der Waals surface area contributed by atoms with Crippen LogP contribution in [0.3, 0.4) is 0 Å². The van der Waals surface area contributed by atoms with Gasteiger partial charge in [0.05, 0.1) is 17.3 Å². The lowest BCUT2D eigenvalue weighted by atomic mass is 10.1. The van der Waals surface area contributed by atoms with E-state index < -0.39 is 11.9 Å². The Hall–Kier alpha value is -3.06. The first-order valence-electron chi connectivity index (χ1n) is 8.01. The lowest BCUT2D eigenvalue weighted by Gasteiger charge is -2.12. The highest BCUT2D eigenvalue weighted by molar-refractivity contribution is 9.10. The van der Waals surface area contributed by atoms with Gasteiger partial charge in [-0.1, -0.05) is 36.4 Å². The second-order valence-corrected chi connectivity index (χ2v) is 6.42. The molecule has 0 saturated heterocycles. The summed E-state index contributed by atoms with van der Waals surface area (Å²) in [7, 11) is 1.21. The van der Waals surface area contributed by atoms with Crippen molar-refractivity contribution in [3.8, 4) is 11.5 Å². The largest absolute Gasteiger partial charge is 0.505 e. The van der Waals surface area contributed by atoms with Crippen molar-refractivity contribution in [2.75, 3.05) is 19.0 Å². The Labute approximate surface area is 163 Å². The van der Waals surface area contributed by atoms with E-state index in [1.165, 1.54) is 25.3 Å². The minimum Gasteiger partial charge on any atom is -0.505 e. The first-order valence-corrected chi connectivity index (χ1v) is 8.80. The lowest BCUT2D eigenvalue weighted by Crippen LogP contribution is -2.20. The Balaban J connectivity index is 1.71. The standard InChI is InChI=1S/C20H16BrNO5/c1-26-20(25)14-7-4-8-15(19(14)24)22-17(23)11-27-16-10-9-12-5-2-3-6-13(12)18(16)21/h2-10,24H,11H2,1H3,(H,22,23). The number of fused-ring (bicyclic) bond motifs is 1. The molecule has 2 N–H and O–H groups in total. The molecule has 7 heteroatoms. The Bertz CT molecular complexity index is 1020. The molecule has 0 atom stereocenters. The number of phenolic OH excluding ortho intramolecular Hbond substituents is 1. The molecule has 138 valence electrons. The van der Waals surface area contributed by atoms with Gasteiger partial charge in [0, 0.05) is 0 Å². The summed E-state index contributed by atoms with van der Waals surface area (Å²) in [6, 6.07) is 15.9. The zero-order chi connectivity index (χ0) is 19.4. The van der Waals surface area contributed by atoms with Gasteiger partial charge in [-0.05, 0) is 44.9 Å². The molecule has 6 nitrogen and oxygen atoms in total. The van der Waals surface area contributed by atoms with Crippen LogP contribution in [0, 0.1) is 0 Å². The molecule has 3 aromatic carbocycles. The fraction of sp³-hybridized carbons (Fsp3) is 0.100. The second kappa shape index (κ2) is 8.09. The molecule has 0 heterocycles. The van der Waals surface area contributed by atoms with Gasteiger partial charge in [0.1, 0.15) is 11.3 Å². The van der Waals surface area contributed by atoms with Gasteiger partial charge in [0.15, 0.2) is 12.4 Å². The van der Waals surface area contributed by atoms with Crippen molar-refractivity contribution in [3.05, 3.63) is 64.6 Å². The molecule has 0 unspecified atom stereocenters. The van der Waals surface area contributed by atoms with Crippen LogP contribution in [0.25, 0.3) is 10.8 Å². The molecular formula is C20H16BrNO5. The summed E-state index contributed by atoms with van der Waals surface area (Å²) < 4.78 is 10.9. The molecule has 0 spiro atoms. The van der Waals surface area contributed by atoms with Crippen molar-refractivity contribution in [2.24, 2.45) is 0 Å². The number of amides is 1. The van der Waals surface area contributed by atoms with Crippen molar-refractivity contribution in [1.29, 1.82) is 0 Å². The average molecular weight is 430 g/mol. The fourth-order valence-electron chi connectivity index (χ4n) is 2.57. The predicted octanol–water partition coefficient (Wildman–Crippen LogP) is 4.11. The van der Waals surface area contributed by atoms with Crippen LogP contribution < -0.4 is 10.1 Å². The van der Waals surface area contributed by atoms with E-state index in [4.69, 9.17) is 4.74 Å². The molecule has 0 aliphatic heterocycles. The molecule has 1 amide bonds. The first kappa shape index (κ1) is 18.7. The number of rotatable bonds is 5. The number of aromatic hydroxyl groups is 1. The highest BCUT2D eigenvalue weighted by atomic mass is 79.9. The number of methoxy groups -OCH3 is 1. The van der Waals surface area contributed by atoms with E-state index in [1.54, 1.807) is 6.07 Å². The zero-order valence-electron chi connectivity index (χ0n) is 14.4. The van der Waals surface area contributed by atoms with Crippen molar-refractivity contribution in [3.63, 3.8) is 0 Å². The summed E-state index contributed by atoms with van der Waals surface area (Å²) in [5.41, 5.74) is 0.0672. The van der Waals surface area contributed by atoms with E-state index in [1.807, 2.05) is 30.3 Å². The maximum absolute atomic E-state index is 12.2. The number of ether oxygens (including phenoxy) is 2.